The van der Waals surface area contributed by atoms with Gasteiger partial charge in [-0.3, -0.25) is 4.90 Å². The first-order valence-electron chi connectivity index (χ1n) is 5.87. The smallest absolute Gasteiger partial charge is 0.126 e. The van der Waals surface area contributed by atoms with Crippen molar-refractivity contribution < 1.29 is 9.90 Å². The maximum atomic E-state index is 10.9. The number of carbonyl (C=O) groups is 1. The third-order valence-corrected chi connectivity index (χ3v) is 3.01. The number of aldehydes is 1. The van der Waals surface area contributed by atoms with Crippen LogP contribution in [-0.4, -0.2) is 67.1 Å². The molecule has 1 fully saturated rings. The van der Waals surface area contributed by atoms with Gasteiger partial charge in [-0.2, -0.15) is 0 Å². The minimum absolute atomic E-state index is 0.243. The third kappa shape index (κ3) is 3.85. The number of hydrogen-bond acceptors (Lipinski definition) is 4. The van der Waals surface area contributed by atoms with Crippen LogP contribution in [0.15, 0.2) is 0 Å². The summed E-state index contributed by atoms with van der Waals surface area (Å²) in [6, 6.07) is 0.365. The first kappa shape index (κ1) is 13.6. The van der Waals surface area contributed by atoms with Gasteiger partial charge in [0.15, 0.2) is 0 Å². The van der Waals surface area contributed by atoms with E-state index in [2.05, 4.69) is 9.80 Å². The fraction of sp³-hybridized carbons (Fsp3) is 0.917. The Labute approximate surface area is 98.2 Å². The van der Waals surface area contributed by atoms with Crippen molar-refractivity contribution >= 4 is 6.29 Å². The van der Waals surface area contributed by atoms with Crippen molar-refractivity contribution in [1.29, 1.82) is 0 Å². The lowest BCUT2D eigenvalue weighted by atomic mass is 9.95. The van der Waals surface area contributed by atoms with E-state index in [-0.39, 0.29) is 11.5 Å². The molecule has 0 spiro atoms. The largest absolute Gasteiger partial charge is 0.392 e. The Hall–Kier alpha value is -0.450. The zero-order valence-electron chi connectivity index (χ0n) is 10.8. The Kier molecular flexibility index (Phi) is 4.47. The average Bonchev–Trinajstić information content (AvgIpc) is 2.44. The van der Waals surface area contributed by atoms with Crippen LogP contribution in [0.4, 0.5) is 0 Å². The Morgan fingerprint density at radius 2 is 2.12 bits per heavy atom. The van der Waals surface area contributed by atoms with E-state index in [9.17, 15) is 9.90 Å². The van der Waals surface area contributed by atoms with Crippen molar-refractivity contribution in [3.63, 3.8) is 0 Å². The van der Waals surface area contributed by atoms with Crippen molar-refractivity contribution in [2.45, 2.75) is 32.4 Å². The molecule has 16 heavy (non-hydrogen) atoms. The molecule has 0 bridgehead atoms. The molecular weight excluding hydrogens is 204 g/mol. The summed E-state index contributed by atoms with van der Waals surface area (Å²) in [5.41, 5.74) is -0.325. The molecule has 1 aliphatic rings. The molecule has 4 heteroatoms. The molecule has 2 atom stereocenters. The van der Waals surface area contributed by atoms with Gasteiger partial charge in [-0.15, -0.1) is 0 Å². The Balaban J connectivity index is 2.59. The molecule has 1 saturated heterocycles. The van der Waals surface area contributed by atoms with E-state index in [4.69, 9.17) is 0 Å². The van der Waals surface area contributed by atoms with Crippen molar-refractivity contribution in [3.8, 4) is 0 Å². The van der Waals surface area contributed by atoms with Crippen LogP contribution in [0.1, 0.15) is 20.3 Å². The second kappa shape index (κ2) is 5.25. The second-order valence-corrected chi connectivity index (χ2v) is 5.84. The summed E-state index contributed by atoms with van der Waals surface area (Å²) >= 11 is 0. The van der Waals surface area contributed by atoms with Crippen molar-refractivity contribution in [1.82, 2.24) is 9.80 Å². The number of likely N-dealkylation sites (tertiary alicyclic amines) is 1. The van der Waals surface area contributed by atoms with Crippen LogP contribution in [0.25, 0.3) is 0 Å². The lowest BCUT2D eigenvalue weighted by Crippen LogP contribution is -2.42. The number of aliphatic hydroxyl groups excluding tert-OH is 1. The van der Waals surface area contributed by atoms with Gasteiger partial charge in [-0.1, -0.05) is 13.8 Å². The van der Waals surface area contributed by atoms with Crippen LogP contribution in [-0.2, 0) is 4.79 Å². The first-order chi connectivity index (χ1) is 7.34. The summed E-state index contributed by atoms with van der Waals surface area (Å²) in [4.78, 5) is 15.3. The number of rotatable bonds is 5. The molecule has 0 radical (unpaired) electrons. The minimum Gasteiger partial charge on any atom is -0.392 e. The topological polar surface area (TPSA) is 43.8 Å². The lowest BCUT2D eigenvalue weighted by molar-refractivity contribution is -0.115. The highest BCUT2D eigenvalue weighted by Crippen LogP contribution is 2.23. The molecular formula is C12H24N2O2. The van der Waals surface area contributed by atoms with Gasteiger partial charge < -0.3 is 14.8 Å². The first-order valence-corrected chi connectivity index (χ1v) is 5.87. The highest BCUT2D eigenvalue weighted by molar-refractivity contribution is 5.58. The van der Waals surface area contributed by atoms with Crippen LogP contribution in [0.5, 0.6) is 0 Å². The molecule has 1 heterocycles. The van der Waals surface area contributed by atoms with Gasteiger partial charge >= 0.3 is 0 Å². The van der Waals surface area contributed by atoms with Gasteiger partial charge in [-0.05, 0) is 20.5 Å². The maximum Gasteiger partial charge on any atom is 0.126 e. The lowest BCUT2D eigenvalue weighted by Gasteiger charge is -2.31. The van der Waals surface area contributed by atoms with Gasteiger partial charge in [0.1, 0.15) is 6.29 Å². The van der Waals surface area contributed by atoms with Crippen LogP contribution in [0, 0.1) is 5.41 Å². The number of hydrogen-bond donors (Lipinski definition) is 1. The predicted octanol–water partition coefficient (Wildman–Crippen LogP) is 0.208. The highest BCUT2D eigenvalue weighted by Gasteiger charge is 2.34. The van der Waals surface area contributed by atoms with Gasteiger partial charge in [0.2, 0.25) is 0 Å². The Bertz CT molecular complexity index is 241. The average molecular weight is 228 g/mol. The van der Waals surface area contributed by atoms with Gasteiger partial charge in [0.05, 0.1) is 6.10 Å². The van der Waals surface area contributed by atoms with E-state index in [1.54, 1.807) is 0 Å². The molecule has 4 nitrogen and oxygen atoms in total. The van der Waals surface area contributed by atoms with Gasteiger partial charge in [0.25, 0.3) is 0 Å². The fourth-order valence-corrected chi connectivity index (χ4v) is 2.32. The molecule has 1 N–H and O–H groups in total. The fourth-order valence-electron chi connectivity index (χ4n) is 2.32. The maximum absolute atomic E-state index is 10.9. The van der Waals surface area contributed by atoms with Gasteiger partial charge in [0, 0.05) is 31.1 Å². The molecule has 1 aliphatic heterocycles. The molecule has 2 unspecified atom stereocenters. The number of carbonyl (C=O) groups excluding carboxylic acids is 1. The summed E-state index contributed by atoms with van der Waals surface area (Å²) in [6.45, 7) is 6.24. The van der Waals surface area contributed by atoms with Crippen LogP contribution in [0.2, 0.25) is 0 Å². The number of aliphatic hydroxyl groups is 1. The van der Waals surface area contributed by atoms with Crippen molar-refractivity contribution in [2.24, 2.45) is 5.41 Å². The summed E-state index contributed by atoms with van der Waals surface area (Å²) in [5, 5.41) is 9.70. The monoisotopic (exact) mass is 228 g/mol. The standard InChI is InChI=1S/C12H24N2O2/c1-12(2,9-15)8-14-7-11(16)5-10(14)6-13(3)4/h9-11,16H,5-8H2,1-4H3. The van der Waals surface area contributed by atoms with E-state index >= 15 is 0 Å². The van der Waals surface area contributed by atoms with Crippen LogP contribution in [0.3, 0.4) is 0 Å². The van der Waals surface area contributed by atoms with Crippen LogP contribution >= 0.6 is 0 Å². The SMILES string of the molecule is CN(C)CC1CC(O)CN1CC(C)(C)C=O. The molecule has 0 aromatic rings. The normalized spacial score (nSPS) is 27.6. The van der Waals surface area contributed by atoms with E-state index < -0.39 is 0 Å². The second-order valence-electron chi connectivity index (χ2n) is 5.84. The van der Waals surface area contributed by atoms with E-state index in [0.29, 0.717) is 12.6 Å². The van der Waals surface area contributed by atoms with Gasteiger partial charge in [-0.25, -0.2) is 0 Å². The van der Waals surface area contributed by atoms with E-state index in [1.165, 1.54) is 0 Å². The third-order valence-electron chi connectivity index (χ3n) is 3.01. The Morgan fingerprint density at radius 1 is 1.50 bits per heavy atom. The number of nitrogens with zero attached hydrogens (tertiary/aromatic N) is 2. The molecule has 0 aromatic heterocycles. The van der Waals surface area contributed by atoms with Crippen LogP contribution < -0.4 is 0 Å². The number of β-amino-alcohol motifs (C(OH)–C–C–N with tert-alkyl or cyclic N) is 1. The van der Waals surface area contributed by atoms with E-state index in [0.717, 1.165) is 25.8 Å². The highest BCUT2D eigenvalue weighted by atomic mass is 16.3. The summed E-state index contributed by atoms with van der Waals surface area (Å²) in [7, 11) is 4.07. The molecule has 94 valence electrons. The summed E-state index contributed by atoms with van der Waals surface area (Å²) in [6.07, 6.45) is 1.57. The minimum atomic E-state index is -0.325. The zero-order chi connectivity index (χ0) is 12.3. The molecule has 0 saturated carbocycles. The van der Waals surface area contributed by atoms with Crippen molar-refractivity contribution in [3.05, 3.63) is 0 Å². The van der Waals surface area contributed by atoms with Crippen molar-refractivity contribution in [2.75, 3.05) is 33.7 Å². The molecule has 1 rings (SSSR count). The molecule has 0 amide bonds. The molecule has 0 aromatic carbocycles. The summed E-state index contributed by atoms with van der Waals surface area (Å²) < 4.78 is 0. The quantitative estimate of drug-likeness (QED) is 0.683. The Morgan fingerprint density at radius 3 is 2.62 bits per heavy atom. The zero-order valence-corrected chi connectivity index (χ0v) is 10.8. The molecule has 0 aliphatic carbocycles. The summed E-state index contributed by atoms with van der Waals surface area (Å²) in [5.74, 6) is 0. The van der Waals surface area contributed by atoms with E-state index in [1.807, 2.05) is 27.9 Å². The predicted molar refractivity (Wildman–Crippen MR) is 64.4 cm³/mol. The number of likely N-dealkylation sites (N-methyl/N-ethyl adjacent to an activating group) is 1.